The van der Waals surface area contributed by atoms with Gasteiger partial charge in [0.25, 0.3) is 0 Å². The second-order valence-electron chi connectivity index (χ2n) is 13.2. The molecule has 0 fully saturated rings. The Morgan fingerprint density at radius 2 is 0.654 bits per heavy atom. The van der Waals surface area contributed by atoms with Crippen LogP contribution in [0.4, 0.5) is 11.4 Å². The molecule has 0 saturated heterocycles. The Kier molecular flexibility index (Phi) is 12.9. The van der Waals surface area contributed by atoms with E-state index in [1.807, 2.05) is 0 Å². The van der Waals surface area contributed by atoms with E-state index in [0.717, 1.165) is 46.8 Å². The van der Waals surface area contributed by atoms with Gasteiger partial charge in [-0.2, -0.15) is 0 Å². The second-order valence-corrected chi connectivity index (χ2v) is 17.0. The van der Waals surface area contributed by atoms with Crippen molar-refractivity contribution in [1.82, 2.24) is 0 Å². The summed E-state index contributed by atoms with van der Waals surface area (Å²) in [5.74, 6) is 1.77. The van der Waals surface area contributed by atoms with Crippen molar-refractivity contribution < 1.29 is 9.47 Å². The molecule has 0 unspecified atom stereocenters. The Morgan fingerprint density at radius 3 is 0.981 bits per heavy atom. The molecule has 0 saturated carbocycles. The van der Waals surface area contributed by atoms with Gasteiger partial charge in [0.2, 0.25) is 0 Å². The molecular formula is C46H48N2O2P2. The molecule has 0 atom stereocenters. The van der Waals surface area contributed by atoms with E-state index in [2.05, 4.69) is 168 Å². The zero-order valence-electron chi connectivity index (χ0n) is 29.8. The Morgan fingerprint density at radius 1 is 0.346 bits per heavy atom. The summed E-state index contributed by atoms with van der Waals surface area (Å²) in [6, 6.07) is 56.3. The van der Waals surface area contributed by atoms with Crippen LogP contribution in [0, 0.1) is 0 Å². The fourth-order valence-corrected chi connectivity index (χ4v) is 10.5. The van der Waals surface area contributed by atoms with Crippen LogP contribution in [-0.4, -0.2) is 13.2 Å². The number of anilines is 2. The molecule has 52 heavy (non-hydrogen) atoms. The summed E-state index contributed by atoms with van der Waals surface area (Å²) >= 11 is 0. The van der Waals surface area contributed by atoms with Crippen molar-refractivity contribution in [2.45, 2.75) is 51.4 Å². The first-order valence-corrected chi connectivity index (χ1v) is 21.4. The topological polar surface area (TPSA) is 42.5 Å². The summed E-state index contributed by atoms with van der Waals surface area (Å²) in [6.07, 6.45) is 9.66. The largest absolute Gasteiger partial charge is 0.494 e. The predicted molar refractivity (Wildman–Crippen MR) is 225 cm³/mol. The summed E-state index contributed by atoms with van der Waals surface area (Å²) in [5, 5.41) is 13.2. The van der Waals surface area contributed by atoms with Crippen LogP contribution < -0.4 is 40.9 Å². The van der Waals surface area contributed by atoms with Crippen LogP contribution in [0.3, 0.4) is 0 Å². The average Bonchev–Trinajstić information content (AvgIpc) is 3.21. The summed E-state index contributed by atoms with van der Waals surface area (Å²) in [5.41, 5.74) is 4.29. The lowest BCUT2D eigenvalue weighted by molar-refractivity contribution is 0.301. The molecule has 1 aliphatic heterocycles. The van der Waals surface area contributed by atoms with Crippen LogP contribution >= 0.6 is 16.1 Å². The minimum absolute atomic E-state index is 0.717. The van der Waals surface area contributed by atoms with Gasteiger partial charge in [-0.05, 0) is 49.2 Å². The van der Waals surface area contributed by atoms with Crippen LogP contribution in [-0.2, 0) is 0 Å². The van der Waals surface area contributed by atoms with Crippen LogP contribution in [0.1, 0.15) is 51.4 Å². The Labute approximate surface area is 312 Å². The highest BCUT2D eigenvalue weighted by atomic mass is 31.1. The molecule has 6 aromatic carbocycles. The highest BCUT2D eigenvalue weighted by Crippen LogP contribution is 2.46. The molecule has 4 bridgehead atoms. The normalized spacial score (nSPS) is 14.0. The molecule has 264 valence electrons. The number of benzene rings is 6. The fourth-order valence-electron chi connectivity index (χ4n) is 6.62. The zero-order valence-corrected chi connectivity index (χ0v) is 31.6. The molecule has 7 rings (SSSR count). The van der Waals surface area contributed by atoms with E-state index in [4.69, 9.17) is 9.47 Å². The molecule has 4 nitrogen and oxygen atoms in total. The van der Waals surface area contributed by atoms with Gasteiger partial charge in [0.1, 0.15) is 11.5 Å². The van der Waals surface area contributed by atoms with Gasteiger partial charge in [-0.3, -0.25) is 0 Å². The van der Waals surface area contributed by atoms with Crippen molar-refractivity contribution in [3.63, 3.8) is 0 Å². The lowest BCUT2D eigenvalue weighted by atomic mass is 10.0. The van der Waals surface area contributed by atoms with Gasteiger partial charge < -0.3 is 19.6 Å². The number of rotatable bonds is 8. The molecule has 6 heteroatoms. The minimum atomic E-state index is -0.911. The molecule has 2 N–H and O–H groups in total. The van der Waals surface area contributed by atoms with Gasteiger partial charge in [-0.25, -0.2) is 0 Å². The first-order chi connectivity index (χ1) is 25.8. The zero-order chi connectivity index (χ0) is 35.2. The summed E-state index contributed by atoms with van der Waals surface area (Å²) < 4.78 is 13.0. The van der Waals surface area contributed by atoms with Crippen molar-refractivity contribution in [2.75, 3.05) is 23.4 Å². The lowest BCUT2D eigenvalue weighted by Crippen LogP contribution is -2.18. The third-order valence-corrected chi connectivity index (χ3v) is 13.6. The number of nitrogens with one attached hydrogen (secondary N) is 2. The molecule has 0 spiro atoms. The second kappa shape index (κ2) is 18.7. The number of hydrogen-bond donors (Lipinski definition) is 2. The fraction of sp³-hybridized carbons (Fsp3) is 0.217. The molecule has 0 aliphatic carbocycles. The van der Waals surface area contributed by atoms with E-state index in [1.165, 1.54) is 59.7 Å². The summed E-state index contributed by atoms with van der Waals surface area (Å²) in [6.45, 7) is 1.43. The van der Waals surface area contributed by atoms with Crippen molar-refractivity contribution in [1.29, 1.82) is 0 Å². The SMILES string of the molecule is c1ccc(P(Nc2ccc3cc2-c2cc(ccc2NP(c2ccccc2)c2ccccc2)OCCCCCCCCCCO3)c2ccccc2)cc1. The molecule has 0 aromatic heterocycles. The van der Waals surface area contributed by atoms with E-state index < -0.39 is 16.1 Å². The van der Waals surface area contributed by atoms with Gasteiger partial charge >= 0.3 is 0 Å². The van der Waals surface area contributed by atoms with Crippen molar-refractivity contribution >= 4 is 48.7 Å². The maximum absolute atomic E-state index is 6.48. The molecule has 0 amide bonds. The van der Waals surface area contributed by atoms with Gasteiger partial charge in [0.05, 0.1) is 29.4 Å². The summed E-state index contributed by atoms with van der Waals surface area (Å²) in [4.78, 5) is 0. The van der Waals surface area contributed by atoms with Crippen molar-refractivity contribution in [2.24, 2.45) is 0 Å². The monoisotopic (exact) mass is 722 g/mol. The Bertz CT molecular complexity index is 1740. The third kappa shape index (κ3) is 9.62. The van der Waals surface area contributed by atoms with Crippen LogP contribution in [0.2, 0.25) is 0 Å². The predicted octanol–water partition coefficient (Wildman–Crippen LogP) is 11.2. The molecule has 0 radical (unpaired) electrons. The van der Waals surface area contributed by atoms with E-state index >= 15 is 0 Å². The van der Waals surface area contributed by atoms with Crippen molar-refractivity contribution in [3.8, 4) is 22.6 Å². The maximum Gasteiger partial charge on any atom is 0.120 e. The van der Waals surface area contributed by atoms with Crippen LogP contribution in [0.25, 0.3) is 11.1 Å². The van der Waals surface area contributed by atoms with Gasteiger partial charge in [-0.1, -0.05) is 160 Å². The lowest BCUT2D eigenvalue weighted by Gasteiger charge is -2.26. The number of hydrogen-bond acceptors (Lipinski definition) is 4. The first kappa shape index (κ1) is 35.8. The number of fused-ring (bicyclic) bond motifs is 5. The molecular weight excluding hydrogens is 674 g/mol. The summed E-state index contributed by atoms with van der Waals surface area (Å²) in [7, 11) is -1.82. The smallest absolute Gasteiger partial charge is 0.120 e. The highest BCUT2D eigenvalue weighted by Gasteiger charge is 2.21. The standard InChI is InChI=1S/C46H48N2O2P2/c1-2-4-6-20-34-50-38-30-32-46(48-52(41-25-15-9-16-26-41)42-27-17-10-18-28-42)44(36-38)43-35-37(49-33-19-5-3-1)29-31-45(43)47-51(39-21-11-7-12-22-39)40-23-13-8-14-24-40/h7-18,21-32,35-36,47-48H,1-6,19-20,33-34H2. The highest BCUT2D eigenvalue weighted by molar-refractivity contribution is 7.74. The van der Waals surface area contributed by atoms with Gasteiger partial charge in [0, 0.05) is 43.7 Å². The maximum atomic E-state index is 6.48. The third-order valence-electron chi connectivity index (χ3n) is 9.37. The molecule has 6 aromatic rings. The first-order valence-electron chi connectivity index (χ1n) is 18.7. The van der Waals surface area contributed by atoms with Crippen LogP contribution in [0.15, 0.2) is 158 Å². The van der Waals surface area contributed by atoms with Gasteiger partial charge in [0.15, 0.2) is 0 Å². The van der Waals surface area contributed by atoms with Crippen LogP contribution in [0.5, 0.6) is 11.5 Å². The molecule has 1 heterocycles. The number of ether oxygens (including phenoxy) is 2. The van der Waals surface area contributed by atoms with Gasteiger partial charge in [-0.15, -0.1) is 0 Å². The van der Waals surface area contributed by atoms with E-state index in [-0.39, 0.29) is 0 Å². The van der Waals surface area contributed by atoms with E-state index in [0.29, 0.717) is 13.2 Å². The van der Waals surface area contributed by atoms with E-state index in [9.17, 15) is 0 Å². The average molecular weight is 723 g/mol. The van der Waals surface area contributed by atoms with Crippen molar-refractivity contribution in [3.05, 3.63) is 158 Å². The minimum Gasteiger partial charge on any atom is -0.494 e. The van der Waals surface area contributed by atoms with E-state index in [1.54, 1.807) is 0 Å². The quantitative estimate of drug-likeness (QED) is 0.154. The Balaban J connectivity index is 1.35. The Hall–Kier alpha value is -4.62. The molecule has 1 aliphatic rings.